The van der Waals surface area contributed by atoms with Gasteiger partial charge in [-0.2, -0.15) is 9.97 Å². The molecule has 0 saturated carbocycles. The van der Waals surface area contributed by atoms with Crippen LogP contribution in [-0.4, -0.2) is 54.0 Å². The van der Waals surface area contributed by atoms with Gasteiger partial charge in [0.05, 0.1) is 27.6 Å². The molecule has 20 aromatic carbocycles. The zero-order valence-electron chi connectivity index (χ0n) is 75.1. The van der Waals surface area contributed by atoms with Gasteiger partial charge in [0, 0.05) is 125 Å². The molecule has 0 fully saturated rings. The first-order valence-electron chi connectivity index (χ1n) is 46.8. The molecule has 0 unspecified atom stereocenters. The minimum absolute atomic E-state index is 0.543. The van der Waals surface area contributed by atoms with Gasteiger partial charge in [0.1, 0.15) is 55.8 Å². The van der Waals surface area contributed by atoms with Gasteiger partial charge in [-0.3, -0.25) is 4.57 Å². The van der Waals surface area contributed by atoms with Crippen molar-refractivity contribution in [2.75, 3.05) is 0 Å². The van der Waals surface area contributed by atoms with Crippen LogP contribution in [0, 0.1) is 0 Å². The number of furan rings is 5. The third kappa shape index (κ3) is 13.7. The molecule has 0 saturated heterocycles. The van der Waals surface area contributed by atoms with Crippen LogP contribution < -0.4 is 0 Å². The quantitative estimate of drug-likeness (QED) is 0.111. The van der Waals surface area contributed by atoms with E-state index in [4.69, 9.17) is 66.9 Å². The van der Waals surface area contributed by atoms with Gasteiger partial charge in [-0.05, 0) is 155 Å². The lowest BCUT2D eigenvalue weighted by atomic mass is 9.99. The van der Waals surface area contributed by atoms with Gasteiger partial charge in [-0.1, -0.05) is 315 Å². The molecular formula is C125H73N11O5. The first-order valence-corrected chi connectivity index (χ1v) is 46.8. The highest BCUT2D eigenvalue weighted by Crippen LogP contribution is 2.46. The number of benzene rings is 20. The fraction of sp³-hybridized carbons (Fsp3) is 0. The molecule has 10 heterocycles. The molecule has 0 radical (unpaired) electrons. The predicted octanol–water partition coefficient (Wildman–Crippen LogP) is 32.6. The van der Waals surface area contributed by atoms with E-state index in [1.165, 1.54) is 21.8 Å². The summed E-state index contributed by atoms with van der Waals surface area (Å²) >= 11 is 0. The Bertz CT molecular complexity index is 9900. The maximum atomic E-state index is 6.96. The molecule has 0 aliphatic heterocycles. The van der Waals surface area contributed by atoms with Crippen LogP contribution in [0.15, 0.2) is 465 Å². The fourth-order valence-electron chi connectivity index (χ4n) is 20.4. The van der Waals surface area contributed by atoms with Gasteiger partial charge in [0.2, 0.25) is 5.95 Å². The third-order valence-electron chi connectivity index (χ3n) is 27.0. The zero-order chi connectivity index (χ0) is 92.7. The van der Waals surface area contributed by atoms with E-state index in [0.717, 1.165) is 214 Å². The maximum Gasteiger partial charge on any atom is 0.238 e. The van der Waals surface area contributed by atoms with Crippen LogP contribution in [-0.2, 0) is 0 Å². The van der Waals surface area contributed by atoms with Gasteiger partial charge in [-0.25, -0.2) is 34.9 Å². The van der Waals surface area contributed by atoms with E-state index in [0.29, 0.717) is 52.5 Å². The van der Waals surface area contributed by atoms with Gasteiger partial charge in [-0.15, -0.1) is 0 Å². The lowest BCUT2D eigenvalue weighted by molar-refractivity contribution is 0.668. The smallest absolute Gasteiger partial charge is 0.238 e. The summed E-state index contributed by atoms with van der Waals surface area (Å²) in [7, 11) is 0. The molecule has 16 nitrogen and oxygen atoms in total. The molecule has 0 atom stereocenters. The number of nitrogens with zero attached hydrogens (tertiary/aromatic N) is 11. The highest BCUT2D eigenvalue weighted by molar-refractivity contribution is 6.25. The number of aromatic nitrogens is 11. The molecule has 0 aliphatic rings. The molecule has 16 heteroatoms. The van der Waals surface area contributed by atoms with Crippen LogP contribution in [0.3, 0.4) is 0 Å². The minimum Gasteiger partial charge on any atom is -0.456 e. The average molecular weight is 1810 g/mol. The molecule has 10 aromatic heterocycles. The van der Waals surface area contributed by atoms with E-state index in [9.17, 15) is 0 Å². The summed E-state index contributed by atoms with van der Waals surface area (Å²) in [6.45, 7) is 0. The van der Waals surface area contributed by atoms with E-state index >= 15 is 0 Å². The average Bonchev–Trinajstić information content (AvgIpc) is 1.61. The summed E-state index contributed by atoms with van der Waals surface area (Å²) in [5.74, 6) is 5.21. The number of para-hydroxylation sites is 9. The van der Waals surface area contributed by atoms with Crippen molar-refractivity contribution in [2.24, 2.45) is 0 Å². The second-order valence-electron chi connectivity index (χ2n) is 35.3. The Balaban J connectivity index is 0.000000104. The van der Waals surface area contributed by atoms with Crippen LogP contribution in [0.25, 0.3) is 289 Å². The van der Waals surface area contributed by atoms with Crippen LogP contribution in [0.2, 0.25) is 0 Å². The standard InChI is InChI=1S/C47H28N4O.C39H22N4O2.C39H23N3O2/c1-3-12-30(13-4-1)45-48-46(31-14-5-2-6-15-31)50-47(49-45)39-19-11-18-37-38-26-24-29-22-23-32-28-33(25-27-34(32)42(29)44(38)52-43(37)39)51-40-20-9-7-16-35(40)36-17-8-10-21-41(36)51;1-5-13-31-25(9-1)26-10-2-6-14-32(26)43(31)39-41-37(23-17-19-29-27-11-3-7-15-33(27)44-35(29)21-23)40-38(42-39)24-18-20-30-28-12-4-8-16-34(28)45-36(30)22-24;1-2-9-24(10-3-1)25-11-8-12-26(21-25)37-40-38(27-17-19-31-29-13-4-6-15-33(29)43-35(31)22-27)42-39(41-37)28-18-20-32-30-14-5-7-16-34(30)44-36(32)23-28/h1-28H;1-22H;1-23H. The number of hydrogen-bond donors (Lipinski definition) is 0. The van der Waals surface area contributed by atoms with Crippen molar-refractivity contribution in [3.05, 3.63) is 443 Å². The Hall–Kier alpha value is -19.5. The van der Waals surface area contributed by atoms with Crippen LogP contribution in [0.5, 0.6) is 0 Å². The normalized spacial score (nSPS) is 11.8. The van der Waals surface area contributed by atoms with Crippen LogP contribution >= 0.6 is 0 Å². The molecule has 0 aliphatic carbocycles. The second kappa shape index (κ2) is 32.7. The van der Waals surface area contributed by atoms with Gasteiger partial charge in [0.25, 0.3) is 0 Å². The van der Waals surface area contributed by atoms with Gasteiger partial charge >= 0.3 is 0 Å². The third-order valence-corrected chi connectivity index (χ3v) is 27.0. The predicted molar refractivity (Wildman–Crippen MR) is 568 cm³/mol. The number of fused-ring (bicyclic) bond motifs is 25. The molecule has 141 heavy (non-hydrogen) atoms. The Morgan fingerprint density at radius 3 is 0.894 bits per heavy atom. The lowest BCUT2D eigenvalue weighted by Crippen LogP contribution is -2.06. The summed E-state index contributed by atoms with van der Waals surface area (Å²) in [4.78, 5) is 45.2. The Labute approximate surface area is 802 Å². The number of hydrogen-bond acceptors (Lipinski definition) is 14. The monoisotopic (exact) mass is 1810 g/mol. The van der Waals surface area contributed by atoms with Crippen molar-refractivity contribution in [2.45, 2.75) is 0 Å². The van der Waals surface area contributed by atoms with Crippen molar-refractivity contribution < 1.29 is 22.1 Å². The van der Waals surface area contributed by atoms with E-state index in [2.05, 4.69) is 246 Å². The summed E-state index contributed by atoms with van der Waals surface area (Å²) in [6.07, 6.45) is 0. The van der Waals surface area contributed by atoms with Crippen molar-refractivity contribution in [3.63, 3.8) is 0 Å². The highest BCUT2D eigenvalue weighted by atomic mass is 16.3. The van der Waals surface area contributed by atoms with Crippen molar-refractivity contribution in [1.82, 2.24) is 54.0 Å². The minimum atomic E-state index is 0.543. The topological polar surface area (TPSA) is 192 Å². The molecule has 30 rings (SSSR count). The van der Waals surface area contributed by atoms with Crippen molar-refractivity contribution >= 4 is 175 Å². The summed E-state index contributed by atoms with van der Waals surface area (Å²) < 4.78 is 36.3. The Morgan fingerprint density at radius 2 is 0.454 bits per heavy atom. The first-order chi connectivity index (χ1) is 69.8. The van der Waals surface area contributed by atoms with E-state index < -0.39 is 0 Å². The fourth-order valence-corrected chi connectivity index (χ4v) is 20.4. The maximum absolute atomic E-state index is 6.96. The van der Waals surface area contributed by atoms with Crippen LogP contribution in [0.4, 0.5) is 0 Å². The van der Waals surface area contributed by atoms with E-state index in [1.807, 2.05) is 206 Å². The lowest BCUT2D eigenvalue weighted by Gasteiger charge is -2.11. The first kappa shape index (κ1) is 80.0. The zero-order valence-corrected chi connectivity index (χ0v) is 75.1. The molecule has 0 N–H and O–H groups in total. The molecular weight excluding hydrogens is 1740 g/mol. The molecule has 0 bridgehead atoms. The molecule has 0 amide bonds. The second-order valence-corrected chi connectivity index (χ2v) is 35.3. The molecule has 658 valence electrons. The highest BCUT2D eigenvalue weighted by Gasteiger charge is 2.26. The van der Waals surface area contributed by atoms with Gasteiger partial charge in [0.15, 0.2) is 46.6 Å². The molecule has 0 spiro atoms. The number of rotatable bonds is 11. The van der Waals surface area contributed by atoms with Gasteiger partial charge < -0.3 is 26.7 Å². The van der Waals surface area contributed by atoms with Crippen molar-refractivity contribution in [1.29, 1.82) is 0 Å². The Morgan fingerprint density at radius 1 is 0.156 bits per heavy atom. The summed E-state index contributed by atoms with van der Waals surface area (Å²) in [5, 5.41) is 20.0. The largest absolute Gasteiger partial charge is 0.456 e. The van der Waals surface area contributed by atoms with E-state index in [-0.39, 0.29) is 0 Å². The Kier molecular flexibility index (Phi) is 18.6. The molecule has 30 aromatic rings. The summed E-state index contributed by atoms with van der Waals surface area (Å²) in [6, 6.07) is 151. The van der Waals surface area contributed by atoms with Crippen LogP contribution in [0.1, 0.15) is 0 Å². The van der Waals surface area contributed by atoms with E-state index in [1.54, 1.807) is 0 Å². The SMILES string of the molecule is c1ccc(-c2cccc(-c3nc(-c4ccc5c(c4)oc4ccccc45)nc(-c4ccc5c(c4)oc4ccccc45)n3)c2)cc1.c1ccc(-c2nc(-c3ccccc3)nc(-c3cccc4c3oc3c4ccc4ccc5cc(-n6c7ccccc7c7ccccc76)ccc5c43)n2)cc1.c1ccc2c(c1)oc1cc(-c3nc(-c4ccc5c(c4)oc4ccccc45)nc(-n4c5ccccc5c5ccccc54)n3)ccc12. The summed E-state index contributed by atoms with van der Waals surface area (Å²) in [5.41, 5.74) is 23.0. The van der Waals surface area contributed by atoms with Crippen molar-refractivity contribution in [3.8, 4) is 114 Å².